The number of aliphatic carboxylic acids is 1. The highest BCUT2D eigenvalue weighted by molar-refractivity contribution is 8.00. The Morgan fingerprint density at radius 1 is 1.10 bits per heavy atom. The van der Waals surface area contributed by atoms with Crippen LogP contribution in [-0.4, -0.2) is 22.0 Å². The lowest BCUT2D eigenvalue weighted by atomic mass is 9.78. The number of hydrogen-bond donors (Lipinski definition) is 2. The topological polar surface area (TPSA) is 79.3 Å². The molecule has 9 heteroatoms. The molecule has 1 heterocycles. The summed E-state index contributed by atoms with van der Waals surface area (Å²) in [6.07, 6.45) is 2.91. The molecule has 2 atom stereocenters. The van der Waals surface area contributed by atoms with Crippen LogP contribution in [0.3, 0.4) is 0 Å². The summed E-state index contributed by atoms with van der Waals surface area (Å²) in [5.74, 6) is -1.48. The van der Waals surface area contributed by atoms with E-state index in [-0.39, 0.29) is 5.91 Å². The smallest absolute Gasteiger partial charge is 0.307 e. The fraction of sp³-hybridized carbons (Fsp3) is 0.318. The molecule has 1 saturated carbocycles. The Balaban J connectivity index is 1.44. The van der Waals surface area contributed by atoms with Gasteiger partial charge >= 0.3 is 5.97 Å². The molecule has 1 aliphatic rings. The Hall–Kier alpha value is -1.80. The summed E-state index contributed by atoms with van der Waals surface area (Å²) in [4.78, 5) is 28.9. The van der Waals surface area contributed by atoms with Gasteiger partial charge in [0.1, 0.15) is 0 Å². The van der Waals surface area contributed by atoms with E-state index in [2.05, 4.69) is 10.3 Å². The molecule has 0 saturated heterocycles. The molecule has 31 heavy (non-hydrogen) atoms. The van der Waals surface area contributed by atoms with Crippen LogP contribution in [0.2, 0.25) is 10.0 Å². The van der Waals surface area contributed by atoms with Gasteiger partial charge in [-0.05, 0) is 48.7 Å². The largest absolute Gasteiger partial charge is 0.481 e. The summed E-state index contributed by atoms with van der Waals surface area (Å²) in [5, 5.41) is 13.4. The molecule has 0 aliphatic heterocycles. The molecule has 0 spiro atoms. The lowest BCUT2D eigenvalue weighted by Crippen LogP contribution is -2.36. The summed E-state index contributed by atoms with van der Waals surface area (Å²) in [6.45, 7) is 0. The normalized spacial score (nSPS) is 18.8. The first-order valence-electron chi connectivity index (χ1n) is 9.91. The SMILES string of the molecule is O=C(O)[C@@H]1CCCC[C@H]1C(=O)Nc1ccc2nc(SCc3ccc(Cl)c(Cl)c3)sc2c1. The van der Waals surface area contributed by atoms with Gasteiger partial charge in [-0.15, -0.1) is 11.3 Å². The third-order valence-corrected chi connectivity index (χ3v) is 8.37. The van der Waals surface area contributed by atoms with Crippen molar-refractivity contribution in [1.29, 1.82) is 0 Å². The van der Waals surface area contributed by atoms with Gasteiger partial charge < -0.3 is 10.4 Å². The minimum absolute atomic E-state index is 0.217. The maximum absolute atomic E-state index is 12.7. The molecular weight excluding hydrogens is 475 g/mol. The van der Waals surface area contributed by atoms with Crippen molar-refractivity contribution < 1.29 is 14.7 Å². The van der Waals surface area contributed by atoms with Crippen molar-refractivity contribution in [3.05, 3.63) is 52.0 Å². The van der Waals surface area contributed by atoms with Crippen LogP contribution in [-0.2, 0) is 15.3 Å². The molecule has 1 aliphatic carbocycles. The first-order valence-corrected chi connectivity index (χ1v) is 12.5. The number of nitrogens with zero attached hydrogens (tertiary/aromatic N) is 1. The van der Waals surface area contributed by atoms with Crippen LogP contribution in [0, 0.1) is 11.8 Å². The van der Waals surface area contributed by atoms with Crippen LogP contribution in [0.25, 0.3) is 10.2 Å². The molecule has 0 unspecified atom stereocenters. The molecule has 0 radical (unpaired) electrons. The molecule has 3 aromatic rings. The van der Waals surface area contributed by atoms with E-state index in [4.69, 9.17) is 23.2 Å². The van der Waals surface area contributed by atoms with E-state index in [9.17, 15) is 14.7 Å². The second kappa shape index (κ2) is 9.77. The van der Waals surface area contributed by atoms with E-state index in [0.29, 0.717) is 28.6 Å². The second-order valence-corrected chi connectivity index (χ2v) is 10.6. The highest BCUT2D eigenvalue weighted by Crippen LogP contribution is 2.35. The zero-order valence-corrected chi connectivity index (χ0v) is 19.6. The van der Waals surface area contributed by atoms with E-state index in [1.165, 1.54) is 0 Å². The fourth-order valence-corrected chi connectivity index (χ4v) is 6.16. The Morgan fingerprint density at radius 2 is 1.87 bits per heavy atom. The fourth-order valence-electron chi connectivity index (χ4n) is 3.79. The quantitative estimate of drug-likeness (QED) is 0.371. The van der Waals surface area contributed by atoms with E-state index < -0.39 is 17.8 Å². The predicted octanol–water partition coefficient (Wildman–Crippen LogP) is 6.72. The first-order chi connectivity index (χ1) is 14.9. The number of carboxylic acids is 1. The third-order valence-electron chi connectivity index (χ3n) is 5.40. The molecular formula is C22H20Cl2N2O3S2. The van der Waals surface area contributed by atoms with Gasteiger partial charge in [0.15, 0.2) is 4.34 Å². The highest BCUT2D eigenvalue weighted by Gasteiger charge is 2.35. The lowest BCUT2D eigenvalue weighted by molar-refractivity contribution is -0.147. The van der Waals surface area contributed by atoms with Crippen molar-refractivity contribution in [2.75, 3.05) is 5.32 Å². The summed E-state index contributed by atoms with van der Waals surface area (Å²) < 4.78 is 1.88. The van der Waals surface area contributed by atoms with Crippen LogP contribution in [0.15, 0.2) is 40.7 Å². The first kappa shape index (κ1) is 22.4. The Kier molecular flexibility index (Phi) is 7.06. The molecule has 2 N–H and O–H groups in total. The minimum atomic E-state index is -0.888. The lowest BCUT2D eigenvalue weighted by Gasteiger charge is -2.27. The van der Waals surface area contributed by atoms with Gasteiger partial charge in [-0.25, -0.2) is 4.98 Å². The molecule has 0 bridgehead atoms. The van der Waals surface area contributed by atoms with Gasteiger partial charge in [0.05, 0.1) is 32.1 Å². The number of thioether (sulfide) groups is 1. The van der Waals surface area contributed by atoms with Crippen LogP contribution < -0.4 is 5.32 Å². The van der Waals surface area contributed by atoms with Gasteiger partial charge in [-0.3, -0.25) is 9.59 Å². The van der Waals surface area contributed by atoms with Crippen molar-refractivity contribution >= 4 is 74.1 Å². The van der Waals surface area contributed by atoms with Crippen LogP contribution in [0.4, 0.5) is 5.69 Å². The molecule has 162 valence electrons. The summed E-state index contributed by atoms with van der Waals surface area (Å²) in [5.41, 5.74) is 2.59. The molecule has 1 amide bonds. The number of halogens is 2. The number of carbonyl (C=O) groups is 2. The number of amides is 1. The number of hydrogen-bond acceptors (Lipinski definition) is 5. The van der Waals surface area contributed by atoms with Crippen LogP contribution >= 0.6 is 46.3 Å². The number of fused-ring (bicyclic) bond motifs is 1. The zero-order valence-electron chi connectivity index (χ0n) is 16.4. The standard InChI is InChI=1S/C22H20Cl2N2O3S2/c23-16-7-5-12(9-17(16)24)11-30-22-26-18-8-6-13(10-19(18)31-22)25-20(27)14-3-1-2-4-15(14)21(28)29/h5-10,14-15H,1-4,11H2,(H,25,27)(H,28,29)/t14-,15-/m1/s1. The Morgan fingerprint density at radius 3 is 2.61 bits per heavy atom. The monoisotopic (exact) mass is 494 g/mol. The summed E-state index contributed by atoms with van der Waals surface area (Å²) in [7, 11) is 0. The van der Waals surface area contributed by atoms with Crippen molar-refractivity contribution in [3.8, 4) is 0 Å². The zero-order chi connectivity index (χ0) is 22.0. The molecule has 1 aromatic heterocycles. The van der Waals surface area contributed by atoms with Gasteiger partial charge in [-0.2, -0.15) is 0 Å². The third kappa shape index (κ3) is 5.34. The van der Waals surface area contributed by atoms with Crippen molar-refractivity contribution in [1.82, 2.24) is 4.98 Å². The van der Waals surface area contributed by atoms with Gasteiger partial charge in [0.25, 0.3) is 0 Å². The van der Waals surface area contributed by atoms with E-state index in [0.717, 1.165) is 38.7 Å². The molecule has 4 rings (SSSR count). The van der Waals surface area contributed by atoms with Gasteiger partial charge in [0.2, 0.25) is 5.91 Å². The average molecular weight is 495 g/mol. The van der Waals surface area contributed by atoms with Crippen molar-refractivity contribution in [3.63, 3.8) is 0 Å². The second-order valence-electron chi connectivity index (χ2n) is 7.52. The van der Waals surface area contributed by atoms with E-state index in [1.807, 2.05) is 30.3 Å². The van der Waals surface area contributed by atoms with E-state index in [1.54, 1.807) is 29.2 Å². The Labute approximate surface area is 198 Å². The molecule has 5 nitrogen and oxygen atoms in total. The predicted molar refractivity (Wildman–Crippen MR) is 127 cm³/mol. The number of benzene rings is 2. The highest BCUT2D eigenvalue weighted by atomic mass is 35.5. The summed E-state index contributed by atoms with van der Waals surface area (Å²) in [6, 6.07) is 11.2. The van der Waals surface area contributed by atoms with Gasteiger partial charge in [0, 0.05) is 11.4 Å². The molecule has 1 fully saturated rings. The van der Waals surface area contributed by atoms with Crippen molar-refractivity contribution in [2.45, 2.75) is 35.8 Å². The number of carboxylic acid groups (broad SMARTS) is 1. The number of anilines is 1. The van der Waals surface area contributed by atoms with Crippen LogP contribution in [0.1, 0.15) is 31.2 Å². The average Bonchev–Trinajstić information content (AvgIpc) is 3.16. The number of aromatic nitrogens is 1. The number of carbonyl (C=O) groups excluding carboxylic acids is 1. The number of thiazole rings is 1. The van der Waals surface area contributed by atoms with Crippen molar-refractivity contribution in [2.24, 2.45) is 11.8 Å². The maximum Gasteiger partial charge on any atom is 0.307 e. The summed E-state index contributed by atoms with van der Waals surface area (Å²) >= 11 is 15.2. The molecule has 2 aromatic carbocycles. The number of rotatable bonds is 6. The Bertz CT molecular complexity index is 1140. The van der Waals surface area contributed by atoms with E-state index >= 15 is 0 Å². The number of nitrogens with one attached hydrogen (secondary N) is 1. The van der Waals surface area contributed by atoms with Gasteiger partial charge in [-0.1, -0.05) is 53.9 Å². The van der Waals surface area contributed by atoms with Crippen LogP contribution in [0.5, 0.6) is 0 Å². The maximum atomic E-state index is 12.7. The minimum Gasteiger partial charge on any atom is -0.481 e.